The Morgan fingerprint density at radius 1 is 1.33 bits per heavy atom. The highest BCUT2D eigenvalue weighted by Crippen LogP contribution is 2.24. The SMILES string of the molecule is CN1CCCC(CNc2ccccc2N(C)C)C1. The topological polar surface area (TPSA) is 18.5 Å². The Hall–Kier alpha value is -1.22. The molecule has 0 spiro atoms. The van der Waals surface area contributed by atoms with Crippen molar-refractivity contribution in [3.8, 4) is 0 Å². The number of nitrogens with zero attached hydrogens (tertiary/aromatic N) is 2. The second kappa shape index (κ2) is 6.10. The summed E-state index contributed by atoms with van der Waals surface area (Å²) < 4.78 is 0. The predicted molar refractivity (Wildman–Crippen MR) is 79.5 cm³/mol. The lowest BCUT2D eigenvalue weighted by Crippen LogP contribution is -2.35. The highest BCUT2D eigenvalue weighted by Gasteiger charge is 2.17. The van der Waals surface area contributed by atoms with Gasteiger partial charge in [0.15, 0.2) is 0 Å². The predicted octanol–water partition coefficient (Wildman–Crippen LogP) is 2.51. The second-order valence-corrected chi connectivity index (χ2v) is 5.56. The van der Waals surface area contributed by atoms with Crippen LogP contribution in [0.1, 0.15) is 12.8 Å². The third-order valence-corrected chi connectivity index (χ3v) is 3.69. The van der Waals surface area contributed by atoms with Gasteiger partial charge in [0.2, 0.25) is 0 Å². The average molecular weight is 247 g/mol. The van der Waals surface area contributed by atoms with Crippen LogP contribution in [0.4, 0.5) is 11.4 Å². The molecule has 1 saturated heterocycles. The lowest BCUT2D eigenvalue weighted by Gasteiger charge is -2.30. The van der Waals surface area contributed by atoms with Gasteiger partial charge in [0.25, 0.3) is 0 Å². The third-order valence-electron chi connectivity index (χ3n) is 3.69. The summed E-state index contributed by atoms with van der Waals surface area (Å²) in [6.45, 7) is 3.55. The van der Waals surface area contributed by atoms with Crippen molar-refractivity contribution in [3.63, 3.8) is 0 Å². The number of anilines is 2. The van der Waals surface area contributed by atoms with Crippen LogP contribution in [0.15, 0.2) is 24.3 Å². The fourth-order valence-electron chi connectivity index (χ4n) is 2.71. The Kier molecular flexibility index (Phi) is 4.48. The standard InChI is InChI=1S/C15H25N3/c1-17(2)15-9-5-4-8-14(15)16-11-13-7-6-10-18(3)12-13/h4-5,8-9,13,16H,6-7,10-12H2,1-3H3. The van der Waals surface area contributed by atoms with E-state index in [0.29, 0.717) is 0 Å². The van der Waals surface area contributed by atoms with Gasteiger partial charge >= 0.3 is 0 Å². The van der Waals surface area contributed by atoms with E-state index in [2.05, 4.69) is 60.5 Å². The molecule has 1 aliphatic heterocycles. The van der Waals surface area contributed by atoms with Crippen LogP contribution in [0.3, 0.4) is 0 Å². The van der Waals surface area contributed by atoms with Crippen LogP contribution >= 0.6 is 0 Å². The summed E-state index contributed by atoms with van der Waals surface area (Å²) in [7, 11) is 6.41. The number of rotatable bonds is 4. The van der Waals surface area contributed by atoms with Crippen molar-refractivity contribution in [2.24, 2.45) is 5.92 Å². The van der Waals surface area contributed by atoms with Crippen LogP contribution in [0.2, 0.25) is 0 Å². The number of piperidine rings is 1. The molecule has 3 nitrogen and oxygen atoms in total. The zero-order valence-corrected chi connectivity index (χ0v) is 11.8. The Morgan fingerprint density at radius 2 is 2.11 bits per heavy atom. The minimum atomic E-state index is 0.777. The molecule has 0 aromatic heterocycles. The lowest BCUT2D eigenvalue weighted by atomic mass is 9.98. The summed E-state index contributed by atoms with van der Waals surface area (Å²) >= 11 is 0. The summed E-state index contributed by atoms with van der Waals surface area (Å²) in [4.78, 5) is 4.60. The maximum absolute atomic E-state index is 3.62. The molecule has 1 fully saturated rings. The normalized spacial score (nSPS) is 20.7. The molecular formula is C15H25N3. The van der Waals surface area contributed by atoms with Gasteiger partial charge in [-0.1, -0.05) is 12.1 Å². The zero-order chi connectivity index (χ0) is 13.0. The van der Waals surface area contributed by atoms with E-state index in [1.54, 1.807) is 0 Å². The Labute approximate surface area is 111 Å². The van der Waals surface area contributed by atoms with E-state index in [0.717, 1.165) is 12.5 Å². The maximum atomic E-state index is 3.62. The van der Waals surface area contributed by atoms with Crippen molar-refractivity contribution in [3.05, 3.63) is 24.3 Å². The quantitative estimate of drug-likeness (QED) is 0.882. The molecule has 1 atom stereocenters. The average Bonchev–Trinajstić information content (AvgIpc) is 2.37. The minimum Gasteiger partial charge on any atom is -0.383 e. The molecule has 0 amide bonds. The van der Waals surface area contributed by atoms with Gasteiger partial charge < -0.3 is 15.1 Å². The molecule has 100 valence electrons. The van der Waals surface area contributed by atoms with Crippen molar-refractivity contribution in [2.45, 2.75) is 12.8 Å². The summed E-state index contributed by atoms with van der Waals surface area (Å²) in [5.74, 6) is 0.777. The molecule has 0 radical (unpaired) electrons. The van der Waals surface area contributed by atoms with E-state index in [1.807, 2.05) is 0 Å². The van der Waals surface area contributed by atoms with E-state index in [4.69, 9.17) is 0 Å². The van der Waals surface area contributed by atoms with Crippen LogP contribution in [0.5, 0.6) is 0 Å². The highest BCUT2D eigenvalue weighted by atomic mass is 15.1. The molecule has 1 N–H and O–H groups in total. The first-order valence-corrected chi connectivity index (χ1v) is 6.85. The first-order chi connectivity index (χ1) is 8.66. The summed E-state index contributed by atoms with van der Waals surface area (Å²) in [6.07, 6.45) is 2.68. The molecule has 1 unspecified atom stereocenters. The van der Waals surface area contributed by atoms with E-state index >= 15 is 0 Å². The number of hydrogen-bond donors (Lipinski definition) is 1. The highest BCUT2D eigenvalue weighted by molar-refractivity contribution is 5.69. The van der Waals surface area contributed by atoms with E-state index in [-0.39, 0.29) is 0 Å². The molecule has 0 bridgehead atoms. The monoisotopic (exact) mass is 247 g/mol. The largest absolute Gasteiger partial charge is 0.383 e. The van der Waals surface area contributed by atoms with Crippen LogP contribution < -0.4 is 10.2 Å². The second-order valence-electron chi connectivity index (χ2n) is 5.56. The fourth-order valence-corrected chi connectivity index (χ4v) is 2.71. The van der Waals surface area contributed by atoms with E-state index < -0.39 is 0 Å². The number of benzene rings is 1. The number of likely N-dealkylation sites (tertiary alicyclic amines) is 1. The van der Waals surface area contributed by atoms with E-state index in [9.17, 15) is 0 Å². The van der Waals surface area contributed by atoms with Crippen LogP contribution in [0.25, 0.3) is 0 Å². The maximum Gasteiger partial charge on any atom is 0.0596 e. The van der Waals surface area contributed by atoms with Crippen molar-refractivity contribution in [1.82, 2.24) is 4.90 Å². The molecule has 0 saturated carbocycles. The van der Waals surface area contributed by atoms with E-state index in [1.165, 1.54) is 37.3 Å². The molecule has 1 aromatic rings. The summed E-state index contributed by atoms with van der Waals surface area (Å²) in [5.41, 5.74) is 2.51. The molecule has 18 heavy (non-hydrogen) atoms. The van der Waals surface area contributed by atoms with Gasteiger partial charge in [0.05, 0.1) is 11.4 Å². The van der Waals surface area contributed by atoms with Gasteiger partial charge in [-0.15, -0.1) is 0 Å². The van der Waals surface area contributed by atoms with Gasteiger partial charge in [-0.2, -0.15) is 0 Å². The van der Waals surface area contributed by atoms with Crippen LogP contribution in [-0.2, 0) is 0 Å². The number of nitrogens with one attached hydrogen (secondary N) is 1. The molecule has 1 aromatic carbocycles. The molecule has 3 heteroatoms. The Bertz CT molecular complexity index is 376. The van der Waals surface area contributed by atoms with Crippen molar-refractivity contribution < 1.29 is 0 Å². The lowest BCUT2D eigenvalue weighted by molar-refractivity contribution is 0.217. The molecule has 1 heterocycles. The van der Waals surface area contributed by atoms with Crippen molar-refractivity contribution >= 4 is 11.4 Å². The zero-order valence-electron chi connectivity index (χ0n) is 11.8. The first kappa shape index (κ1) is 13.2. The van der Waals surface area contributed by atoms with Gasteiger partial charge in [-0.25, -0.2) is 0 Å². The summed E-state index contributed by atoms with van der Waals surface area (Å²) in [5, 5.41) is 3.62. The van der Waals surface area contributed by atoms with Gasteiger partial charge in [0, 0.05) is 27.2 Å². The Morgan fingerprint density at radius 3 is 2.83 bits per heavy atom. The van der Waals surface area contributed by atoms with Gasteiger partial charge in [-0.05, 0) is 44.5 Å². The van der Waals surface area contributed by atoms with Crippen molar-refractivity contribution in [1.29, 1.82) is 0 Å². The smallest absolute Gasteiger partial charge is 0.0596 e. The third kappa shape index (κ3) is 3.39. The molecule has 2 rings (SSSR count). The number of para-hydroxylation sites is 2. The fraction of sp³-hybridized carbons (Fsp3) is 0.600. The first-order valence-electron chi connectivity index (χ1n) is 6.85. The molecular weight excluding hydrogens is 222 g/mol. The van der Waals surface area contributed by atoms with Crippen LogP contribution in [0, 0.1) is 5.92 Å². The van der Waals surface area contributed by atoms with Gasteiger partial charge in [-0.3, -0.25) is 0 Å². The van der Waals surface area contributed by atoms with Crippen molar-refractivity contribution in [2.75, 3.05) is 51.0 Å². The molecule has 0 aliphatic carbocycles. The minimum absolute atomic E-state index is 0.777. The van der Waals surface area contributed by atoms with Crippen LogP contribution in [-0.4, -0.2) is 45.7 Å². The molecule has 1 aliphatic rings. The summed E-state index contributed by atoms with van der Waals surface area (Å²) in [6, 6.07) is 8.52. The number of hydrogen-bond acceptors (Lipinski definition) is 3. The Balaban J connectivity index is 1.93. The van der Waals surface area contributed by atoms with Gasteiger partial charge in [0.1, 0.15) is 0 Å².